The molecule has 8 nitrogen and oxygen atoms in total. The van der Waals surface area contributed by atoms with Crippen LogP contribution in [0.15, 0.2) is 36.8 Å². The molecule has 0 radical (unpaired) electrons. The van der Waals surface area contributed by atoms with Gasteiger partial charge in [-0.3, -0.25) is 9.59 Å². The van der Waals surface area contributed by atoms with E-state index < -0.39 is 0 Å². The third-order valence-electron chi connectivity index (χ3n) is 6.65. The lowest BCUT2D eigenvalue weighted by Gasteiger charge is -2.31. The van der Waals surface area contributed by atoms with Gasteiger partial charge in [0.1, 0.15) is 5.56 Å². The van der Waals surface area contributed by atoms with Crippen LogP contribution in [0.2, 0.25) is 0 Å². The number of hydrogen-bond donors (Lipinski definition) is 2. The minimum atomic E-state index is -0.227. The minimum Gasteiger partial charge on any atom is -0.331 e. The Morgan fingerprint density at radius 3 is 2.81 bits per heavy atom. The molecule has 3 aromatic rings. The number of piperidine rings is 1. The molecule has 158 valence electrons. The smallest absolute Gasteiger partial charge is 0.261 e. The van der Waals surface area contributed by atoms with E-state index >= 15 is 0 Å². The number of carbonyl (C=O) groups is 2. The van der Waals surface area contributed by atoms with Crippen LogP contribution >= 0.6 is 0 Å². The second-order valence-electron chi connectivity index (χ2n) is 8.69. The molecule has 2 fully saturated rings. The van der Waals surface area contributed by atoms with Crippen LogP contribution < -0.4 is 10.6 Å². The molecule has 0 atom stereocenters. The second kappa shape index (κ2) is 7.16. The predicted octanol–water partition coefficient (Wildman–Crippen LogP) is 2.57. The standard InChI is InChI=1S/C23H24N6O2/c30-22(19-12-26-29-9-1-6-25-21(19)29)27-20-10-15-13-28(16-4-7-24-8-5-16)23(31)18(15)11-17(20)14-2-3-14/h1,6,9-12,14,16,24H,2-5,7-8,13H2,(H,27,30). The van der Waals surface area contributed by atoms with E-state index in [1.807, 2.05) is 17.0 Å². The zero-order valence-corrected chi connectivity index (χ0v) is 17.2. The molecular weight excluding hydrogens is 392 g/mol. The summed E-state index contributed by atoms with van der Waals surface area (Å²) in [6, 6.07) is 6.10. The van der Waals surface area contributed by atoms with Gasteiger partial charge in [0.25, 0.3) is 11.8 Å². The topological polar surface area (TPSA) is 91.6 Å². The lowest BCUT2D eigenvalue weighted by Crippen LogP contribution is -2.43. The Kier molecular flexibility index (Phi) is 4.27. The zero-order valence-electron chi connectivity index (χ0n) is 17.2. The van der Waals surface area contributed by atoms with Gasteiger partial charge in [-0.15, -0.1) is 0 Å². The van der Waals surface area contributed by atoms with Crippen LogP contribution in [0.3, 0.4) is 0 Å². The van der Waals surface area contributed by atoms with Crippen molar-refractivity contribution in [1.82, 2.24) is 24.8 Å². The van der Waals surface area contributed by atoms with Gasteiger partial charge in [0, 0.05) is 36.2 Å². The van der Waals surface area contributed by atoms with Crippen LogP contribution in [0.4, 0.5) is 5.69 Å². The maximum Gasteiger partial charge on any atom is 0.261 e. The molecule has 3 aliphatic rings. The first-order valence-corrected chi connectivity index (χ1v) is 11.0. The van der Waals surface area contributed by atoms with E-state index in [2.05, 4.69) is 20.7 Å². The number of fused-ring (bicyclic) bond motifs is 2. The molecule has 1 aliphatic carbocycles. The number of nitrogens with one attached hydrogen (secondary N) is 2. The fraction of sp³-hybridized carbons (Fsp3) is 0.391. The summed E-state index contributed by atoms with van der Waals surface area (Å²) in [7, 11) is 0. The van der Waals surface area contributed by atoms with Gasteiger partial charge in [-0.25, -0.2) is 9.50 Å². The molecule has 0 unspecified atom stereocenters. The summed E-state index contributed by atoms with van der Waals surface area (Å²) in [5.41, 5.74) is 4.65. The summed E-state index contributed by atoms with van der Waals surface area (Å²) in [6.45, 7) is 2.52. The van der Waals surface area contributed by atoms with Crippen molar-refractivity contribution in [3.63, 3.8) is 0 Å². The Hall–Kier alpha value is -3.26. The normalized spacial score (nSPS) is 19.1. The molecule has 6 rings (SSSR count). The van der Waals surface area contributed by atoms with Crippen LogP contribution in [0.25, 0.3) is 5.65 Å². The molecular formula is C23H24N6O2. The third kappa shape index (κ3) is 3.18. The van der Waals surface area contributed by atoms with Crippen LogP contribution in [-0.2, 0) is 6.54 Å². The van der Waals surface area contributed by atoms with Crippen LogP contribution in [-0.4, -0.2) is 50.4 Å². The number of anilines is 1. The van der Waals surface area contributed by atoms with Gasteiger partial charge >= 0.3 is 0 Å². The number of carbonyl (C=O) groups excluding carboxylic acids is 2. The number of hydrogen-bond acceptors (Lipinski definition) is 5. The Labute approximate surface area is 179 Å². The molecule has 4 heterocycles. The fourth-order valence-corrected chi connectivity index (χ4v) is 4.83. The molecule has 31 heavy (non-hydrogen) atoms. The van der Waals surface area contributed by atoms with Gasteiger partial charge in [0.05, 0.1) is 6.20 Å². The first-order valence-electron chi connectivity index (χ1n) is 11.0. The SMILES string of the molecule is O=C(Nc1cc2c(cc1C1CC1)C(=O)N(C1CCNCC1)C2)c1cnn2cccnc12. The first-order chi connectivity index (χ1) is 15.2. The van der Waals surface area contributed by atoms with Gasteiger partial charge in [-0.05, 0) is 74.0 Å². The number of rotatable bonds is 4. The number of amides is 2. The van der Waals surface area contributed by atoms with Gasteiger partial charge in [-0.2, -0.15) is 5.10 Å². The summed E-state index contributed by atoms with van der Waals surface area (Å²) in [5, 5.41) is 10.7. The number of nitrogens with zero attached hydrogens (tertiary/aromatic N) is 4. The highest BCUT2D eigenvalue weighted by Gasteiger charge is 2.36. The van der Waals surface area contributed by atoms with Gasteiger partial charge in [-0.1, -0.05) is 0 Å². The van der Waals surface area contributed by atoms with Crippen LogP contribution in [0.5, 0.6) is 0 Å². The van der Waals surface area contributed by atoms with Crippen molar-refractivity contribution < 1.29 is 9.59 Å². The highest BCUT2D eigenvalue weighted by Crippen LogP contribution is 2.45. The highest BCUT2D eigenvalue weighted by atomic mass is 16.2. The fourth-order valence-electron chi connectivity index (χ4n) is 4.83. The molecule has 1 aromatic carbocycles. The van der Waals surface area contributed by atoms with E-state index in [0.29, 0.717) is 23.7 Å². The third-order valence-corrected chi connectivity index (χ3v) is 6.65. The Balaban J connectivity index is 1.32. The summed E-state index contributed by atoms with van der Waals surface area (Å²) in [4.78, 5) is 32.5. The molecule has 1 saturated heterocycles. The van der Waals surface area contributed by atoms with Crippen molar-refractivity contribution in [2.24, 2.45) is 0 Å². The van der Waals surface area contributed by atoms with E-state index in [1.165, 1.54) is 0 Å². The van der Waals surface area contributed by atoms with Crippen molar-refractivity contribution in [1.29, 1.82) is 0 Å². The van der Waals surface area contributed by atoms with Crippen LogP contribution in [0, 0.1) is 0 Å². The van der Waals surface area contributed by atoms with E-state index in [1.54, 1.807) is 29.2 Å². The monoisotopic (exact) mass is 416 g/mol. The molecule has 2 aromatic heterocycles. The van der Waals surface area contributed by atoms with E-state index in [0.717, 1.165) is 61.2 Å². The van der Waals surface area contributed by atoms with Gasteiger partial charge < -0.3 is 15.5 Å². The lowest BCUT2D eigenvalue weighted by atomic mass is 10.0. The maximum absolute atomic E-state index is 13.2. The van der Waals surface area contributed by atoms with Crippen molar-refractivity contribution in [2.75, 3.05) is 18.4 Å². The summed E-state index contributed by atoms with van der Waals surface area (Å²) in [6.07, 6.45) is 9.12. The summed E-state index contributed by atoms with van der Waals surface area (Å²) < 4.78 is 1.59. The molecule has 8 heteroatoms. The average molecular weight is 416 g/mol. The quantitative estimate of drug-likeness (QED) is 0.682. The molecule has 2 N–H and O–H groups in total. The van der Waals surface area contributed by atoms with Crippen LogP contribution in [0.1, 0.15) is 63.4 Å². The number of benzene rings is 1. The number of aromatic nitrogens is 3. The van der Waals surface area contributed by atoms with E-state index in [4.69, 9.17) is 0 Å². The van der Waals surface area contributed by atoms with Gasteiger partial charge in [0.15, 0.2) is 5.65 Å². The van der Waals surface area contributed by atoms with Gasteiger partial charge in [0.2, 0.25) is 0 Å². The minimum absolute atomic E-state index is 0.133. The predicted molar refractivity (Wildman–Crippen MR) is 115 cm³/mol. The van der Waals surface area contributed by atoms with E-state index in [9.17, 15) is 9.59 Å². The Morgan fingerprint density at radius 1 is 1.16 bits per heavy atom. The maximum atomic E-state index is 13.2. The molecule has 1 saturated carbocycles. The van der Waals surface area contributed by atoms with E-state index in [-0.39, 0.29) is 17.9 Å². The molecule has 0 spiro atoms. The van der Waals surface area contributed by atoms with Crippen molar-refractivity contribution >= 4 is 23.1 Å². The lowest BCUT2D eigenvalue weighted by molar-refractivity contribution is 0.0668. The van der Waals surface area contributed by atoms with Crippen molar-refractivity contribution in [3.8, 4) is 0 Å². The molecule has 2 aliphatic heterocycles. The largest absolute Gasteiger partial charge is 0.331 e. The zero-order chi connectivity index (χ0) is 20.9. The average Bonchev–Trinajstić information content (AvgIpc) is 3.47. The Morgan fingerprint density at radius 2 is 2.00 bits per heavy atom. The highest BCUT2D eigenvalue weighted by molar-refractivity contribution is 6.09. The van der Waals surface area contributed by atoms with Crippen molar-refractivity contribution in [3.05, 3.63) is 59.0 Å². The second-order valence-corrected chi connectivity index (χ2v) is 8.69. The summed E-state index contributed by atoms with van der Waals surface area (Å²) in [5.74, 6) is 0.312. The molecule has 0 bridgehead atoms. The summed E-state index contributed by atoms with van der Waals surface area (Å²) >= 11 is 0. The molecule has 2 amide bonds. The first kappa shape index (κ1) is 18.5. The van der Waals surface area contributed by atoms with Crippen molar-refractivity contribution in [2.45, 2.75) is 44.2 Å². The Bertz CT molecular complexity index is 1190.